The molecule has 0 aliphatic heterocycles. The molecule has 0 spiro atoms. The van der Waals surface area contributed by atoms with Crippen molar-refractivity contribution in [3.63, 3.8) is 0 Å². The summed E-state index contributed by atoms with van der Waals surface area (Å²) in [6.07, 6.45) is 8.50. The number of benzene rings is 3. The zero-order chi connectivity index (χ0) is 24.8. The first-order chi connectivity index (χ1) is 16.9. The lowest BCUT2D eigenvalue weighted by atomic mass is 10.1. The lowest BCUT2D eigenvalue weighted by Gasteiger charge is -2.12. The molecule has 0 unspecified atom stereocenters. The van der Waals surface area contributed by atoms with E-state index in [1.54, 1.807) is 56.9 Å². The summed E-state index contributed by atoms with van der Waals surface area (Å²) in [6, 6.07) is 17.5. The van der Waals surface area contributed by atoms with Gasteiger partial charge in [-0.3, -0.25) is 14.9 Å². The molecule has 176 valence electrons. The minimum Gasteiger partial charge on any atom is -0.496 e. The number of hydrogen-bond donors (Lipinski definition) is 0. The molecule has 1 heterocycles. The molecule has 8 heteroatoms. The number of allylic oxidation sites excluding steroid dienone is 1. The van der Waals surface area contributed by atoms with Gasteiger partial charge in [-0.15, -0.1) is 0 Å². The van der Waals surface area contributed by atoms with E-state index >= 15 is 0 Å². The number of carbonyl (C=O) groups excluding carboxylic acids is 1. The minimum atomic E-state index is -0.423. The van der Waals surface area contributed by atoms with Gasteiger partial charge in [0.25, 0.3) is 5.69 Å². The minimum absolute atomic E-state index is 0.0445. The number of ether oxygens (including phenoxy) is 2. The van der Waals surface area contributed by atoms with Crippen LogP contribution in [0.3, 0.4) is 0 Å². The van der Waals surface area contributed by atoms with Crippen LogP contribution in [0, 0.1) is 17.0 Å². The third-order valence-corrected chi connectivity index (χ3v) is 5.45. The van der Waals surface area contributed by atoms with Crippen LogP contribution in [-0.2, 0) is 6.61 Å². The molecule has 35 heavy (non-hydrogen) atoms. The van der Waals surface area contributed by atoms with Crippen LogP contribution in [0.4, 0.5) is 5.69 Å². The Bertz CT molecular complexity index is 1380. The van der Waals surface area contributed by atoms with Crippen LogP contribution in [0.5, 0.6) is 11.5 Å². The Kier molecular flexibility index (Phi) is 7.02. The molecular formula is C27H23N3O5. The highest BCUT2D eigenvalue weighted by molar-refractivity contribution is 6.06. The summed E-state index contributed by atoms with van der Waals surface area (Å²) in [4.78, 5) is 27.3. The van der Waals surface area contributed by atoms with Gasteiger partial charge in [-0.1, -0.05) is 12.1 Å². The van der Waals surface area contributed by atoms with Crippen molar-refractivity contribution in [2.24, 2.45) is 0 Å². The average molecular weight is 469 g/mol. The predicted molar refractivity (Wildman–Crippen MR) is 132 cm³/mol. The van der Waals surface area contributed by atoms with Crippen molar-refractivity contribution in [3.05, 3.63) is 118 Å². The number of nitro benzene ring substituents is 1. The second kappa shape index (κ2) is 10.5. The maximum atomic E-state index is 12.6. The summed E-state index contributed by atoms with van der Waals surface area (Å²) in [5.74, 6) is 1.05. The number of nitro groups is 1. The monoisotopic (exact) mass is 469 g/mol. The molecule has 0 aliphatic carbocycles. The molecule has 0 saturated heterocycles. The maximum absolute atomic E-state index is 12.6. The lowest BCUT2D eigenvalue weighted by molar-refractivity contribution is -0.385. The average Bonchev–Trinajstić information content (AvgIpc) is 3.41. The Labute approximate surface area is 202 Å². The van der Waals surface area contributed by atoms with Crippen LogP contribution < -0.4 is 9.47 Å². The van der Waals surface area contributed by atoms with E-state index < -0.39 is 4.92 Å². The topological polar surface area (TPSA) is 96.5 Å². The molecule has 0 saturated carbocycles. The Morgan fingerprint density at radius 3 is 2.57 bits per heavy atom. The van der Waals surface area contributed by atoms with E-state index in [2.05, 4.69) is 4.98 Å². The van der Waals surface area contributed by atoms with Gasteiger partial charge in [0.2, 0.25) is 0 Å². The van der Waals surface area contributed by atoms with Crippen LogP contribution in [0.15, 0.2) is 85.5 Å². The van der Waals surface area contributed by atoms with Gasteiger partial charge in [0.05, 0.1) is 18.4 Å². The molecule has 8 nitrogen and oxygen atoms in total. The van der Waals surface area contributed by atoms with Crippen molar-refractivity contribution in [3.8, 4) is 17.2 Å². The number of aromatic nitrogens is 2. The summed E-state index contributed by atoms with van der Waals surface area (Å²) in [5.41, 5.74) is 3.66. The predicted octanol–water partition coefficient (Wildman–Crippen LogP) is 5.57. The number of aryl methyl sites for hydroxylation is 1. The molecule has 0 amide bonds. The van der Waals surface area contributed by atoms with Gasteiger partial charge < -0.3 is 14.0 Å². The first kappa shape index (κ1) is 23.4. The fourth-order valence-corrected chi connectivity index (χ4v) is 3.58. The zero-order valence-electron chi connectivity index (χ0n) is 19.3. The van der Waals surface area contributed by atoms with Gasteiger partial charge in [0, 0.05) is 40.8 Å². The normalized spacial score (nSPS) is 10.9. The molecule has 4 rings (SSSR count). The number of methoxy groups -OCH3 is 1. The molecule has 0 N–H and O–H groups in total. The smallest absolute Gasteiger partial charge is 0.272 e. The molecule has 1 aromatic heterocycles. The van der Waals surface area contributed by atoms with E-state index in [1.165, 1.54) is 12.1 Å². The molecule has 0 radical (unpaired) electrons. The quantitative estimate of drug-likeness (QED) is 0.138. The van der Waals surface area contributed by atoms with Crippen LogP contribution in [0.1, 0.15) is 27.0 Å². The van der Waals surface area contributed by atoms with Gasteiger partial charge in [0.15, 0.2) is 5.78 Å². The van der Waals surface area contributed by atoms with Crippen molar-refractivity contribution in [1.82, 2.24) is 9.55 Å². The first-order valence-corrected chi connectivity index (χ1v) is 10.8. The Morgan fingerprint density at radius 2 is 1.91 bits per heavy atom. The fraction of sp³-hybridized carbons (Fsp3) is 0.111. The Hall–Kier alpha value is -4.72. The number of hydrogen-bond acceptors (Lipinski definition) is 6. The van der Waals surface area contributed by atoms with E-state index in [-0.39, 0.29) is 18.1 Å². The highest BCUT2D eigenvalue weighted by atomic mass is 16.6. The maximum Gasteiger partial charge on any atom is 0.272 e. The fourth-order valence-electron chi connectivity index (χ4n) is 3.58. The summed E-state index contributed by atoms with van der Waals surface area (Å²) >= 11 is 0. The SMILES string of the molecule is COc1ccc(/C=C/C(=O)c2ccc(-n3ccnc3)cc2)cc1COc1ccc([N+](=O)[O-])c(C)c1. The van der Waals surface area contributed by atoms with Crippen LogP contribution in [0.2, 0.25) is 0 Å². The molecule has 0 aliphatic rings. The molecule has 0 atom stereocenters. The summed E-state index contributed by atoms with van der Waals surface area (Å²) in [6.45, 7) is 1.87. The molecule has 0 fully saturated rings. The standard InChI is InChI=1S/C27H23N3O5/c1-19-15-24(9-10-25(19)30(32)33)35-17-22-16-20(4-12-27(22)34-2)3-11-26(31)21-5-7-23(8-6-21)29-14-13-28-18-29/h3-16,18H,17H2,1-2H3/b11-3+. The third kappa shape index (κ3) is 5.62. The Morgan fingerprint density at radius 1 is 1.11 bits per heavy atom. The lowest BCUT2D eigenvalue weighted by Crippen LogP contribution is -2.00. The molecular weight excluding hydrogens is 446 g/mol. The number of carbonyl (C=O) groups is 1. The van der Waals surface area contributed by atoms with Crippen molar-refractivity contribution >= 4 is 17.5 Å². The van der Waals surface area contributed by atoms with E-state index in [4.69, 9.17) is 9.47 Å². The third-order valence-electron chi connectivity index (χ3n) is 5.45. The van der Waals surface area contributed by atoms with Crippen molar-refractivity contribution < 1.29 is 19.2 Å². The second-order valence-corrected chi connectivity index (χ2v) is 7.78. The van der Waals surface area contributed by atoms with Crippen molar-refractivity contribution in [1.29, 1.82) is 0 Å². The van der Waals surface area contributed by atoms with E-state index in [0.29, 0.717) is 22.6 Å². The van der Waals surface area contributed by atoms with E-state index in [9.17, 15) is 14.9 Å². The van der Waals surface area contributed by atoms with E-state index in [1.807, 2.05) is 41.1 Å². The van der Waals surface area contributed by atoms with Gasteiger partial charge >= 0.3 is 0 Å². The largest absolute Gasteiger partial charge is 0.496 e. The van der Waals surface area contributed by atoms with Crippen LogP contribution >= 0.6 is 0 Å². The first-order valence-electron chi connectivity index (χ1n) is 10.8. The van der Waals surface area contributed by atoms with E-state index in [0.717, 1.165) is 16.8 Å². The van der Waals surface area contributed by atoms with Crippen molar-refractivity contribution in [2.45, 2.75) is 13.5 Å². The summed E-state index contributed by atoms with van der Waals surface area (Å²) < 4.78 is 13.1. The van der Waals surface area contributed by atoms with Gasteiger partial charge in [-0.2, -0.15) is 0 Å². The number of ketones is 1. The molecule has 4 aromatic rings. The zero-order valence-corrected chi connectivity index (χ0v) is 19.3. The Balaban J connectivity index is 1.45. The van der Waals surface area contributed by atoms with Crippen molar-refractivity contribution in [2.75, 3.05) is 7.11 Å². The molecule has 0 bridgehead atoms. The van der Waals surface area contributed by atoms with Gasteiger partial charge in [-0.25, -0.2) is 4.98 Å². The van der Waals surface area contributed by atoms with Gasteiger partial charge in [0.1, 0.15) is 18.1 Å². The van der Waals surface area contributed by atoms with Crippen LogP contribution in [0.25, 0.3) is 11.8 Å². The van der Waals surface area contributed by atoms with Crippen LogP contribution in [-0.4, -0.2) is 27.4 Å². The highest BCUT2D eigenvalue weighted by Gasteiger charge is 2.12. The number of imidazole rings is 1. The number of rotatable bonds is 9. The second-order valence-electron chi connectivity index (χ2n) is 7.78. The summed E-state index contributed by atoms with van der Waals surface area (Å²) in [7, 11) is 1.57. The summed E-state index contributed by atoms with van der Waals surface area (Å²) in [5, 5.41) is 11.0. The highest BCUT2D eigenvalue weighted by Crippen LogP contribution is 2.26. The van der Waals surface area contributed by atoms with Gasteiger partial charge in [-0.05, 0) is 67.1 Å². The number of nitrogens with zero attached hydrogens (tertiary/aromatic N) is 3. The molecule has 3 aromatic carbocycles.